The normalized spacial score (nSPS) is 10.0. The fourth-order valence-electron chi connectivity index (χ4n) is 1.27. The molecule has 0 aliphatic heterocycles. The minimum atomic E-state index is 0.697. The molecular formula is C12H19NO2. The van der Waals surface area contributed by atoms with Crippen molar-refractivity contribution < 1.29 is 9.47 Å². The third kappa shape index (κ3) is 4.70. The first-order valence-corrected chi connectivity index (χ1v) is 5.41. The van der Waals surface area contributed by atoms with Crippen molar-refractivity contribution in [3.05, 3.63) is 24.3 Å². The van der Waals surface area contributed by atoms with Crippen LogP contribution in [-0.4, -0.2) is 26.4 Å². The van der Waals surface area contributed by atoms with E-state index in [0.717, 1.165) is 31.2 Å². The van der Waals surface area contributed by atoms with Crippen molar-refractivity contribution in [2.24, 2.45) is 0 Å². The molecule has 0 aromatic heterocycles. The highest BCUT2D eigenvalue weighted by Gasteiger charge is 1.95. The van der Waals surface area contributed by atoms with Gasteiger partial charge in [0.25, 0.3) is 0 Å². The highest BCUT2D eigenvalue weighted by Crippen LogP contribution is 2.16. The van der Waals surface area contributed by atoms with Crippen LogP contribution in [0.4, 0.5) is 5.69 Å². The number of benzene rings is 1. The molecule has 0 amide bonds. The number of anilines is 1. The van der Waals surface area contributed by atoms with Gasteiger partial charge >= 0.3 is 0 Å². The number of hydrogen-bond donors (Lipinski definition) is 1. The van der Waals surface area contributed by atoms with Crippen LogP contribution in [0.2, 0.25) is 0 Å². The molecule has 1 aromatic carbocycles. The van der Waals surface area contributed by atoms with Gasteiger partial charge in [-0.1, -0.05) is 6.07 Å². The quantitative estimate of drug-likeness (QED) is 0.700. The second kappa shape index (κ2) is 7.12. The van der Waals surface area contributed by atoms with Crippen molar-refractivity contribution in [2.45, 2.75) is 13.8 Å². The van der Waals surface area contributed by atoms with Gasteiger partial charge in [0, 0.05) is 24.9 Å². The molecule has 0 spiro atoms. The summed E-state index contributed by atoms with van der Waals surface area (Å²) in [7, 11) is 0. The zero-order valence-corrected chi connectivity index (χ0v) is 9.45. The van der Waals surface area contributed by atoms with Gasteiger partial charge < -0.3 is 14.8 Å². The summed E-state index contributed by atoms with van der Waals surface area (Å²) in [5.74, 6) is 0.902. The number of ether oxygens (including phenoxy) is 2. The summed E-state index contributed by atoms with van der Waals surface area (Å²) >= 11 is 0. The molecule has 1 aromatic rings. The molecule has 0 unspecified atom stereocenters. The van der Waals surface area contributed by atoms with E-state index < -0.39 is 0 Å². The molecule has 0 radical (unpaired) electrons. The molecule has 0 atom stereocenters. The first-order chi connectivity index (χ1) is 7.36. The summed E-state index contributed by atoms with van der Waals surface area (Å²) in [6.07, 6.45) is 0. The number of nitrogens with one attached hydrogen (secondary N) is 1. The molecule has 1 rings (SSSR count). The van der Waals surface area contributed by atoms with Gasteiger partial charge in [0.15, 0.2) is 0 Å². The van der Waals surface area contributed by atoms with Crippen molar-refractivity contribution in [1.29, 1.82) is 0 Å². The van der Waals surface area contributed by atoms with Crippen LogP contribution in [0.3, 0.4) is 0 Å². The minimum absolute atomic E-state index is 0.697. The van der Waals surface area contributed by atoms with E-state index in [4.69, 9.17) is 9.47 Å². The average molecular weight is 209 g/mol. The summed E-state index contributed by atoms with van der Waals surface area (Å²) in [5.41, 5.74) is 1.07. The Kier molecular flexibility index (Phi) is 5.63. The molecule has 0 heterocycles. The lowest BCUT2D eigenvalue weighted by Gasteiger charge is -2.08. The van der Waals surface area contributed by atoms with Crippen LogP contribution in [0.5, 0.6) is 5.75 Å². The lowest BCUT2D eigenvalue weighted by molar-refractivity contribution is 0.158. The highest BCUT2D eigenvalue weighted by molar-refractivity contribution is 5.48. The van der Waals surface area contributed by atoms with Crippen LogP contribution in [0.15, 0.2) is 24.3 Å². The van der Waals surface area contributed by atoms with E-state index in [1.165, 1.54) is 0 Å². The second-order valence-electron chi connectivity index (χ2n) is 3.08. The van der Waals surface area contributed by atoms with Gasteiger partial charge in [-0.15, -0.1) is 0 Å². The Morgan fingerprint density at radius 2 is 2.07 bits per heavy atom. The summed E-state index contributed by atoms with van der Waals surface area (Å²) in [6.45, 7) is 6.99. The molecule has 0 saturated heterocycles. The summed E-state index contributed by atoms with van der Waals surface area (Å²) in [6, 6.07) is 7.95. The SMILES string of the molecule is CCOCCNc1cccc(OCC)c1. The van der Waals surface area contributed by atoms with Crippen molar-refractivity contribution in [1.82, 2.24) is 0 Å². The van der Waals surface area contributed by atoms with E-state index in [-0.39, 0.29) is 0 Å². The molecule has 3 heteroatoms. The molecule has 84 valence electrons. The third-order valence-corrected chi connectivity index (χ3v) is 1.92. The molecule has 3 nitrogen and oxygen atoms in total. The molecule has 0 bridgehead atoms. The van der Waals surface area contributed by atoms with Crippen LogP contribution in [-0.2, 0) is 4.74 Å². The predicted molar refractivity (Wildman–Crippen MR) is 62.6 cm³/mol. The maximum Gasteiger partial charge on any atom is 0.121 e. The fraction of sp³-hybridized carbons (Fsp3) is 0.500. The molecule has 1 N–H and O–H groups in total. The van der Waals surface area contributed by atoms with Crippen molar-refractivity contribution in [2.75, 3.05) is 31.7 Å². The second-order valence-corrected chi connectivity index (χ2v) is 3.08. The highest BCUT2D eigenvalue weighted by atomic mass is 16.5. The van der Waals surface area contributed by atoms with Gasteiger partial charge in [-0.05, 0) is 26.0 Å². The van der Waals surface area contributed by atoms with Gasteiger partial charge in [0.1, 0.15) is 5.75 Å². The van der Waals surface area contributed by atoms with Gasteiger partial charge in [-0.3, -0.25) is 0 Å². The zero-order chi connectivity index (χ0) is 10.9. The standard InChI is InChI=1S/C12H19NO2/c1-3-14-9-8-13-11-6-5-7-12(10-11)15-4-2/h5-7,10,13H,3-4,8-9H2,1-2H3. The molecule has 0 aliphatic rings. The lowest BCUT2D eigenvalue weighted by Crippen LogP contribution is -2.09. The van der Waals surface area contributed by atoms with E-state index in [9.17, 15) is 0 Å². The van der Waals surface area contributed by atoms with Crippen LogP contribution < -0.4 is 10.1 Å². The Balaban J connectivity index is 2.36. The maximum absolute atomic E-state index is 5.40. The van der Waals surface area contributed by atoms with Gasteiger partial charge in [-0.2, -0.15) is 0 Å². The summed E-state index contributed by atoms with van der Waals surface area (Å²) in [4.78, 5) is 0. The first-order valence-electron chi connectivity index (χ1n) is 5.41. The van der Waals surface area contributed by atoms with Crippen molar-refractivity contribution >= 4 is 5.69 Å². The van der Waals surface area contributed by atoms with E-state index >= 15 is 0 Å². The van der Waals surface area contributed by atoms with E-state index in [0.29, 0.717) is 6.61 Å². The maximum atomic E-state index is 5.40. The number of hydrogen-bond acceptors (Lipinski definition) is 3. The first kappa shape index (κ1) is 11.9. The topological polar surface area (TPSA) is 30.5 Å². The summed E-state index contributed by atoms with van der Waals surface area (Å²) < 4.78 is 10.6. The van der Waals surface area contributed by atoms with E-state index in [2.05, 4.69) is 5.32 Å². The number of rotatable bonds is 7. The molecule has 15 heavy (non-hydrogen) atoms. The monoisotopic (exact) mass is 209 g/mol. The molecule has 0 saturated carbocycles. The van der Waals surface area contributed by atoms with Crippen LogP contribution in [0.25, 0.3) is 0 Å². The fourth-order valence-corrected chi connectivity index (χ4v) is 1.27. The largest absolute Gasteiger partial charge is 0.494 e. The lowest BCUT2D eigenvalue weighted by atomic mass is 10.3. The average Bonchev–Trinajstić information content (AvgIpc) is 2.26. The van der Waals surface area contributed by atoms with Crippen LogP contribution in [0, 0.1) is 0 Å². The van der Waals surface area contributed by atoms with Gasteiger partial charge in [0.2, 0.25) is 0 Å². The van der Waals surface area contributed by atoms with E-state index in [1.54, 1.807) is 0 Å². The predicted octanol–water partition coefficient (Wildman–Crippen LogP) is 2.53. The van der Waals surface area contributed by atoms with Crippen LogP contribution >= 0.6 is 0 Å². The van der Waals surface area contributed by atoms with Crippen molar-refractivity contribution in [3.8, 4) is 5.75 Å². The summed E-state index contributed by atoms with van der Waals surface area (Å²) in [5, 5.41) is 3.27. The zero-order valence-electron chi connectivity index (χ0n) is 9.45. The van der Waals surface area contributed by atoms with Gasteiger partial charge in [-0.25, -0.2) is 0 Å². The van der Waals surface area contributed by atoms with Crippen molar-refractivity contribution in [3.63, 3.8) is 0 Å². The molecular weight excluding hydrogens is 190 g/mol. The molecule has 0 fully saturated rings. The Labute approximate surface area is 91.4 Å². The van der Waals surface area contributed by atoms with Crippen LogP contribution in [0.1, 0.15) is 13.8 Å². The minimum Gasteiger partial charge on any atom is -0.494 e. The van der Waals surface area contributed by atoms with Gasteiger partial charge in [0.05, 0.1) is 13.2 Å². The third-order valence-electron chi connectivity index (χ3n) is 1.92. The van der Waals surface area contributed by atoms with E-state index in [1.807, 2.05) is 38.1 Å². The smallest absolute Gasteiger partial charge is 0.121 e. The Hall–Kier alpha value is -1.22. The molecule has 0 aliphatic carbocycles. The Morgan fingerprint density at radius 1 is 1.20 bits per heavy atom. The Bertz CT molecular complexity index is 276. The Morgan fingerprint density at radius 3 is 2.80 bits per heavy atom.